The van der Waals surface area contributed by atoms with Gasteiger partial charge in [0.1, 0.15) is 5.82 Å². The predicted octanol–water partition coefficient (Wildman–Crippen LogP) is 3.55. The molecule has 5 heteroatoms. The van der Waals surface area contributed by atoms with Gasteiger partial charge >= 0.3 is 5.97 Å². The number of hydrogen-bond acceptors (Lipinski definition) is 2. The van der Waals surface area contributed by atoms with E-state index < -0.39 is 11.8 Å². The topological polar surface area (TPSA) is 50.2 Å². The monoisotopic (exact) mass is 265 g/mol. The summed E-state index contributed by atoms with van der Waals surface area (Å²) in [4.78, 5) is 15.0. The van der Waals surface area contributed by atoms with Gasteiger partial charge in [-0.05, 0) is 36.8 Å². The van der Waals surface area contributed by atoms with Crippen LogP contribution in [0.4, 0.5) is 4.39 Å². The summed E-state index contributed by atoms with van der Waals surface area (Å²) >= 11 is 6.02. The molecule has 0 fully saturated rings. The zero-order valence-corrected chi connectivity index (χ0v) is 10.2. The number of pyridine rings is 1. The van der Waals surface area contributed by atoms with Gasteiger partial charge in [-0.3, -0.25) is 4.98 Å². The molecule has 1 aromatic heterocycles. The zero-order valence-electron chi connectivity index (χ0n) is 9.45. The summed E-state index contributed by atoms with van der Waals surface area (Å²) < 4.78 is 13.4. The molecule has 0 saturated heterocycles. The Morgan fingerprint density at radius 1 is 1.33 bits per heavy atom. The molecule has 0 amide bonds. The summed E-state index contributed by atoms with van der Waals surface area (Å²) in [5.41, 5.74) is 1.45. The average molecular weight is 266 g/mol. The van der Waals surface area contributed by atoms with E-state index in [1.54, 1.807) is 12.3 Å². The minimum Gasteiger partial charge on any atom is -0.478 e. The van der Waals surface area contributed by atoms with Crippen LogP contribution in [-0.4, -0.2) is 16.1 Å². The summed E-state index contributed by atoms with van der Waals surface area (Å²) in [6.07, 6.45) is 1.59. The van der Waals surface area contributed by atoms with Crippen molar-refractivity contribution in [1.29, 1.82) is 0 Å². The number of aromatic carboxylic acids is 1. The first-order valence-corrected chi connectivity index (χ1v) is 5.51. The normalized spacial score (nSPS) is 10.4. The van der Waals surface area contributed by atoms with Crippen LogP contribution >= 0.6 is 11.6 Å². The maximum absolute atomic E-state index is 13.4. The van der Waals surface area contributed by atoms with Crippen molar-refractivity contribution in [3.8, 4) is 11.3 Å². The number of halogens is 2. The second-order valence-electron chi connectivity index (χ2n) is 3.88. The lowest BCUT2D eigenvalue weighted by atomic mass is 10.1. The fourth-order valence-corrected chi connectivity index (χ4v) is 1.93. The summed E-state index contributed by atoms with van der Waals surface area (Å²) in [5.74, 6) is -1.83. The third-order valence-corrected chi connectivity index (χ3v) is 2.68. The van der Waals surface area contributed by atoms with E-state index in [0.717, 1.165) is 11.6 Å². The van der Waals surface area contributed by atoms with E-state index in [1.807, 2.05) is 6.92 Å². The van der Waals surface area contributed by atoms with Crippen molar-refractivity contribution < 1.29 is 14.3 Å². The molecule has 2 aromatic rings. The van der Waals surface area contributed by atoms with Crippen LogP contribution in [0.2, 0.25) is 5.02 Å². The highest BCUT2D eigenvalue weighted by molar-refractivity contribution is 6.33. The lowest BCUT2D eigenvalue weighted by molar-refractivity contribution is 0.0696. The number of nitrogens with zero attached hydrogens (tertiary/aromatic N) is 1. The molecular formula is C13H9ClFNO2. The van der Waals surface area contributed by atoms with E-state index in [2.05, 4.69) is 4.98 Å². The van der Waals surface area contributed by atoms with Gasteiger partial charge in [-0.1, -0.05) is 11.6 Å². The molecule has 0 saturated carbocycles. The lowest BCUT2D eigenvalue weighted by Gasteiger charge is -2.06. The van der Waals surface area contributed by atoms with E-state index >= 15 is 0 Å². The van der Waals surface area contributed by atoms with Gasteiger partial charge in [0, 0.05) is 11.8 Å². The average Bonchev–Trinajstić information content (AvgIpc) is 2.27. The molecule has 0 radical (unpaired) electrons. The number of benzene rings is 1. The van der Waals surface area contributed by atoms with Gasteiger partial charge in [0.2, 0.25) is 0 Å². The Balaban J connectivity index is 2.60. The van der Waals surface area contributed by atoms with Crippen molar-refractivity contribution in [2.24, 2.45) is 0 Å². The van der Waals surface area contributed by atoms with Crippen LogP contribution in [0.3, 0.4) is 0 Å². The molecular weight excluding hydrogens is 257 g/mol. The van der Waals surface area contributed by atoms with Crippen LogP contribution in [-0.2, 0) is 0 Å². The maximum Gasteiger partial charge on any atom is 0.335 e. The smallest absolute Gasteiger partial charge is 0.335 e. The predicted molar refractivity (Wildman–Crippen MR) is 66.3 cm³/mol. The van der Waals surface area contributed by atoms with Crippen LogP contribution in [0.25, 0.3) is 11.3 Å². The Kier molecular flexibility index (Phi) is 3.30. The number of carboxylic acid groups (broad SMARTS) is 1. The second kappa shape index (κ2) is 4.74. The van der Waals surface area contributed by atoms with Gasteiger partial charge < -0.3 is 5.11 Å². The highest BCUT2D eigenvalue weighted by Crippen LogP contribution is 2.27. The molecule has 18 heavy (non-hydrogen) atoms. The van der Waals surface area contributed by atoms with Crippen LogP contribution < -0.4 is 0 Å². The molecule has 0 spiro atoms. The molecule has 0 aliphatic heterocycles. The Hall–Kier alpha value is -1.94. The van der Waals surface area contributed by atoms with Crippen molar-refractivity contribution in [2.45, 2.75) is 6.92 Å². The zero-order chi connectivity index (χ0) is 13.3. The number of carbonyl (C=O) groups is 1. The highest BCUT2D eigenvalue weighted by Gasteiger charge is 2.11. The number of carboxylic acids is 1. The minimum absolute atomic E-state index is 0.136. The van der Waals surface area contributed by atoms with Gasteiger partial charge in [-0.2, -0.15) is 0 Å². The van der Waals surface area contributed by atoms with Crippen LogP contribution in [0.5, 0.6) is 0 Å². The molecule has 1 aromatic carbocycles. The highest BCUT2D eigenvalue weighted by atomic mass is 35.5. The molecule has 0 unspecified atom stereocenters. The fourth-order valence-electron chi connectivity index (χ4n) is 1.60. The second-order valence-corrected chi connectivity index (χ2v) is 4.28. The summed E-state index contributed by atoms with van der Waals surface area (Å²) in [6, 6.07) is 5.19. The number of aromatic nitrogens is 1. The molecule has 0 atom stereocenters. The first-order chi connectivity index (χ1) is 8.47. The van der Waals surface area contributed by atoms with Crippen molar-refractivity contribution in [3.63, 3.8) is 0 Å². The van der Waals surface area contributed by atoms with Gasteiger partial charge in [-0.25, -0.2) is 9.18 Å². The van der Waals surface area contributed by atoms with Crippen molar-refractivity contribution in [1.82, 2.24) is 4.98 Å². The molecule has 0 bridgehead atoms. The molecule has 3 nitrogen and oxygen atoms in total. The molecule has 0 aliphatic carbocycles. The molecule has 1 heterocycles. The summed E-state index contributed by atoms with van der Waals surface area (Å²) in [6.45, 7) is 1.83. The third-order valence-electron chi connectivity index (χ3n) is 2.40. The quantitative estimate of drug-likeness (QED) is 0.903. The van der Waals surface area contributed by atoms with Gasteiger partial charge in [0.15, 0.2) is 0 Å². The van der Waals surface area contributed by atoms with E-state index in [9.17, 15) is 9.18 Å². The van der Waals surface area contributed by atoms with Crippen molar-refractivity contribution in [2.75, 3.05) is 0 Å². The Labute approximate surface area is 108 Å². The molecule has 1 N–H and O–H groups in total. The van der Waals surface area contributed by atoms with Crippen LogP contribution in [0, 0.1) is 12.7 Å². The third kappa shape index (κ3) is 2.49. The number of rotatable bonds is 2. The summed E-state index contributed by atoms with van der Waals surface area (Å²) in [5, 5.41) is 9.23. The molecule has 2 rings (SSSR count). The largest absolute Gasteiger partial charge is 0.478 e. The van der Waals surface area contributed by atoms with E-state index in [-0.39, 0.29) is 5.56 Å². The van der Waals surface area contributed by atoms with Crippen LogP contribution in [0.15, 0.2) is 30.5 Å². The molecule has 92 valence electrons. The molecule has 0 aliphatic rings. The van der Waals surface area contributed by atoms with E-state index in [0.29, 0.717) is 16.3 Å². The minimum atomic E-state index is -1.20. The SMILES string of the molecule is Cc1cnc(-c2cc(F)cc(C(=O)O)c2)c(Cl)c1. The lowest BCUT2D eigenvalue weighted by Crippen LogP contribution is -1.98. The van der Waals surface area contributed by atoms with Crippen molar-refractivity contribution in [3.05, 3.63) is 52.4 Å². The standard InChI is InChI=1S/C13H9ClFNO2/c1-7-2-11(14)12(16-6-7)8-3-9(13(17)18)5-10(15)4-8/h2-6H,1H3,(H,17,18). The Morgan fingerprint density at radius 2 is 2.06 bits per heavy atom. The Bertz CT molecular complexity index is 628. The first kappa shape index (κ1) is 12.5. The van der Waals surface area contributed by atoms with Gasteiger partial charge in [-0.15, -0.1) is 0 Å². The van der Waals surface area contributed by atoms with Crippen molar-refractivity contribution >= 4 is 17.6 Å². The van der Waals surface area contributed by atoms with Crippen LogP contribution in [0.1, 0.15) is 15.9 Å². The summed E-state index contributed by atoms with van der Waals surface area (Å²) in [7, 11) is 0. The first-order valence-electron chi connectivity index (χ1n) is 5.14. The number of aryl methyl sites for hydroxylation is 1. The fraction of sp³-hybridized carbons (Fsp3) is 0.0769. The Morgan fingerprint density at radius 3 is 2.67 bits per heavy atom. The van der Waals surface area contributed by atoms with E-state index in [4.69, 9.17) is 16.7 Å². The number of hydrogen-bond donors (Lipinski definition) is 1. The van der Waals surface area contributed by atoms with E-state index in [1.165, 1.54) is 12.1 Å². The maximum atomic E-state index is 13.4. The van der Waals surface area contributed by atoms with Gasteiger partial charge in [0.25, 0.3) is 0 Å². The van der Waals surface area contributed by atoms with Gasteiger partial charge in [0.05, 0.1) is 16.3 Å².